The zero-order valence-electron chi connectivity index (χ0n) is 17.5. The first-order valence-corrected chi connectivity index (χ1v) is 13.4. The van der Waals surface area contributed by atoms with E-state index in [1.807, 2.05) is 24.3 Å². The third-order valence-electron chi connectivity index (χ3n) is 5.51. The molecule has 0 atom stereocenters. The van der Waals surface area contributed by atoms with E-state index >= 15 is 0 Å². The van der Waals surface area contributed by atoms with Gasteiger partial charge in [0.2, 0.25) is 0 Å². The number of guanidine groups is 1. The minimum absolute atomic E-state index is 0. The predicted octanol–water partition coefficient (Wildman–Crippen LogP) is 4.07. The van der Waals surface area contributed by atoms with E-state index in [1.54, 1.807) is 0 Å². The first-order valence-electron chi connectivity index (χ1n) is 10.3. The van der Waals surface area contributed by atoms with E-state index in [0.29, 0.717) is 11.3 Å². The molecule has 1 saturated carbocycles. The molecule has 29 heavy (non-hydrogen) atoms. The lowest BCUT2D eigenvalue weighted by Gasteiger charge is -2.45. The Hall–Kier alpha value is -0.480. The zero-order chi connectivity index (χ0) is 20.0. The molecular weight excluding hydrogens is 517 g/mol. The van der Waals surface area contributed by atoms with E-state index in [4.69, 9.17) is 4.99 Å². The highest BCUT2D eigenvalue weighted by atomic mass is 127. The van der Waals surface area contributed by atoms with E-state index in [2.05, 4.69) is 28.9 Å². The van der Waals surface area contributed by atoms with Crippen molar-refractivity contribution in [1.82, 2.24) is 10.2 Å². The van der Waals surface area contributed by atoms with Crippen molar-refractivity contribution >= 4 is 51.5 Å². The van der Waals surface area contributed by atoms with Crippen LogP contribution in [0.15, 0.2) is 29.3 Å². The average Bonchev–Trinajstić information content (AvgIpc) is 2.66. The number of halogens is 1. The van der Waals surface area contributed by atoms with Gasteiger partial charge in [0.05, 0.1) is 12.3 Å². The van der Waals surface area contributed by atoms with Gasteiger partial charge in [-0.05, 0) is 30.9 Å². The second kappa shape index (κ2) is 11.2. The van der Waals surface area contributed by atoms with Gasteiger partial charge in [0.1, 0.15) is 0 Å². The molecule has 1 spiro atoms. The number of aliphatic imine (C=N–C) groups is 1. The summed E-state index contributed by atoms with van der Waals surface area (Å²) in [7, 11) is -3.00. The van der Waals surface area contributed by atoms with E-state index in [9.17, 15) is 8.42 Å². The molecule has 1 saturated heterocycles. The fraction of sp³-hybridized carbons (Fsp3) is 0.667. The Morgan fingerprint density at radius 1 is 1.17 bits per heavy atom. The molecule has 2 aliphatic rings. The fourth-order valence-corrected chi connectivity index (χ4v) is 6.53. The first-order chi connectivity index (χ1) is 13.4. The molecule has 0 unspecified atom stereocenters. The van der Waals surface area contributed by atoms with Gasteiger partial charge in [-0.3, -0.25) is 0 Å². The molecule has 0 amide bonds. The van der Waals surface area contributed by atoms with Crippen molar-refractivity contribution in [2.24, 2.45) is 4.99 Å². The van der Waals surface area contributed by atoms with Crippen LogP contribution in [0.25, 0.3) is 0 Å². The third kappa shape index (κ3) is 7.61. The number of thioether (sulfide) groups is 1. The van der Waals surface area contributed by atoms with Crippen LogP contribution in [0, 0.1) is 0 Å². The van der Waals surface area contributed by atoms with Crippen LogP contribution in [0.2, 0.25) is 0 Å². The van der Waals surface area contributed by atoms with Gasteiger partial charge in [-0.25, -0.2) is 13.4 Å². The van der Waals surface area contributed by atoms with Crippen molar-refractivity contribution in [1.29, 1.82) is 0 Å². The topological polar surface area (TPSA) is 61.8 Å². The van der Waals surface area contributed by atoms with Gasteiger partial charge in [-0.15, -0.1) is 24.0 Å². The summed E-state index contributed by atoms with van der Waals surface area (Å²) in [6, 6.07) is 7.77. The van der Waals surface area contributed by atoms with Crippen LogP contribution in [0.5, 0.6) is 0 Å². The van der Waals surface area contributed by atoms with Gasteiger partial charge in [-0.2, -0.15) is 11.8 Å². The van der Waals surface area contributed by atoms with Gasteiger partial charge in [0.15, 0.2) is 15.8 Å². The van der Waals surface area contributed by atoms with E-state index in [0.717, 1.165) is 36.7 Å². The van der Waals surface area contributed by atoms with Gasteiger partial charge < -0.3 is 10.2 Å². The number of benzene rings is 1. The standard InChI is InChI=1S/C21H33N3O2S2.HI/c1-3-22-20(24-13-14-27-21(17-24)11-5-4-6-12-21)23-15-18-7-9-19(10-8-18)16-28(2,25)26;/h7-10H,3-6,11-17H2,1-2H3,(H,22,23);1H. The number of hydrogen-bond acceptors (Lipinski definition) is 4. The molecule has 0 bridgehead atoms. The maximum Gasteiger partial charge on any atom is 0.194 e. The second-order valence-corrected chi connectivity index (χ2v) is 11.8. The molecule has 164 valence electrons. The fourth-order valence-electron chi connectivity index (χ4n) is 4.16. The Labute approximate surface area is 197 Å². The van der Waals surface area contributed by atoms with Crippen molar-refractivity contribution in [2.75, 3.05) is 31.6 Å². The van der Waals surface area contributed by atoms with Gasteiger partial charge >= 0.3 is 0 Å². The summed E-state index contributed by atoms with van der Waals surface area (Å²) in [4.78, 5) is 7.34. The van der Waals surface area contributed by atoms with Crippen LogP contribution < -0.4 is 5.32 Å². The van der Waals surface area contributed by atoms with Crippen molar-refractivity contribution in [2.45, 2.75) is 56.1 Å². The molecule has 3 rings (SSSR count). The Morgan fingerprint density at radius 2 is 1.83 bits per heavy atom. The lowest BCUT2D eigenvalue weighted by atomic mass is 9.87. The van der Waals surface area contributed by atoms with Crippen molar-refractivity contribution in [3.8, 4) is 0 Å². The van der Waals surface area contributed by atoms with Gasteiger partial charge in [0, 0.05) is 36.4 Å². The van der Waals surface area contributed by atoms with E-state index < -0.39 is 9.84 Å². The summed E-state index contributed by atoms with van der Waals surface area (Å²) in [6.45, 7) is 5.73. The quantitative estimate of drug-likeness (QED) is 0.340. The molecule has 0 aromatic heterocycles. The smallest absolute Gasteiger partial charge is 0.194 e. The Kier molecular flexibility index (Phi) is 9.60. The van der Waals surface area contributed by atoms with Crippen LogP contribution in [-0.2, 0) is 22.1 Å². The zero-order valence-corrected chi connectivity index (χ0v) is 21.5. The summed E-state index contributed by atoms with van der Waals surface area (Å²) in [6.07, 6.45) is 8.02. The lowest BCUT2D eigenvalue weighted by molar-refractivity contribution is 0.293. The number of nitrogens with one attached hydrogen (secondary N) is 1. The van der Waals surface area contributed by atoms with Crippen LogP contribution in [0.3, 0.4) is 0 Å². The first kappa shape index (κ1) is 24.8. The Bertz CT molecular complexity index is 770. The normalized spacial score (nSPS) is 19.7. The van der Waals surface area contributed by atoms with Crippen molar-refractivity contribution < 1.29 is 8.42 Å². The molecule has 5 nitrogen and oxygen atoms in total. The molecule has 1 aromatic carbocycles. The summed E-state index contributed by atoms with van der Waals surface area (Å²) < 4.78 is 23.3. The lowest BCUT2D eigenvalue weighted by Crippen LogP contribution is -2.53. The summed E-state index contributed by atoms with van der Waals surface area (Å²) in [5.41, 5.74) is 1.93. The Balaban J connectivity index is 0.00000300. The highest BCUT2D eigenvalue weighted by Gasteiger charge is 2.38. The molecule has 1 heterocycles. The predicted molar refractivity (Wildman–Crippen MR) is 135 cm³/mol. The van der Waals surface area contributed by atoms with Crippen molar-refractivity contribution in [3.63, 3.8) is 0 Å². The Morgan fingerprint density at radius 3 is 2.45 bits per heavy atom. The van der Waals surface area contributed by atoms with Crippen LogP contribution >= 0.6 is 35.7 Å². The molecule has 1 aromatic rings. The summed E-state index contributed by atoms with van der Waals surface area (Å²) in [5, 5.41) is 3.47. The molecule has 8 heteroatoms. The molecular formula is C21H34IN3O2S2. The maximum atomic E-state index is 11.4. The minimum Gasteiger partial charge on any atom is -0.357 e. The van der Waals surface area contributed by atoms with Crippen molar-refractivity contribution in [3.05, 3.63) is 35.4 Å². The van der Waals surface area contributed by atoms with Crippen LogP contribution in [-0.4, -0.2) is 55.7 Å². The second-order valence-electron chi connectivity index (χ2n) is 8.07. The van der Waals surface area contributed by atoms with Crippen LogP contribution in [0.4, 0.5) is 0 Å². The highest BCUT2D eigenvalue weighted by Crippen LogP contribution is 2.42. The highest BCUT2D eigenvalue weighted by molar-refractivity contribution is 14.0. The molecule has 1 aliphatic carbocycles. The van der Waals surface area contributed by atoms with E-state index in [1.165, 1.54) is 44.1 Å². The summed E-state index contributed by atoms with van der Waals surface area (Å²) >= 11 is 2.17. The molecule has 1 aliphatic heterocycles. The minimum atomic E-state index is -3.00. The molecule has 1 N–H and O–H groups in total. The van der Waals surface area contributed by atoms with E-state index in [-0.39, 0.29) is 29.7 Å². The maximum absolute atomic E-state index is 11.4. The largest absolute Gasteiger partial charge is 0.357 e. The van der Waals surface area contributed by atoms with Gasteiger partial charge in [-0.1, -0.05) is 43.5 Å². The number of rotatable bonds is 5. The number of nitrogens with zero attached hydrogens (tertiary/aromatic N) is 2. The number of hydrogen-bond donors (Lipinski definition) is 1. The van der Waals surface area contributed by atoms with Gasteiger partial charge in [0.25, 0.3) is 0 Å². The number of sulfone groups is 1. The third-order valence-corrected chi connectivity index (χ3v) is 7.91. The monoisotopic (exact) mass is 551 g/mol. The average molecular weight is 552 g/mol. The van der Waals surface area contributed by atoms with Crippen LogP contribution in [0.1, 0.15) is 50.2 Å². The molecule has 2 fully saturated rings. The summed E-state index contributed by atoms with van der Waals surface area (Å²) in [5.74, 6) is 2.27. The molecule has 0 radical (unpaired) electrons. The SMILES string of the molecule is CCNC(=NCc1ccc(CS(C)(=O)=O)cc1)N1CCSC2(CCCCC2)C1.I.